The van der Waals surface area contributed by atoms with Gasteiger partial charge in [0.2, 0.25) is 5.91 Å². The van der Waals surface area contributed by atoms with Crippen LogP contribution in [0.1, 0.15) is 22.7 Å². The number of amides is 2. The molecule has 0 unspecified atom stereocenters. The first-order valence-corrected chi connectivity index (χ1v) is 12.2. The fourth-order valence-corrected chi connectivity index (χ4v) is 4.66. The molecule has 1 fully saturated rings. The number of carbonyl (C=O) groups excluding carboxylic acids is 2. The number of morpholine rings is 1. The number of halogens is 2. The van der Waals surface area contributed by atoms with Crippen molar-refractivity contribution >= 4 is 29.4 Å². The zero-order valence-electron chi connectivity index (χ0n) is 19.9. The van der Waals surface area contributed by atoms with Crippen LogP contribution in [0, 0.1) is 5.82 Å². The van der Waals surface area contributed by atoms with Crippen LogP contribution in [0.4, 0.5) is 4.39 Å². The summed E-state index contributed by atoms with van der Waals surface area (Å²) in [5, 5.41) is 10.0. The predicted molar refractivity (Wildman–Crippen MR) is 135 cm³/mol. The third-order valence-electron chi connectivity index (χ3n) is 6.20. The quantitative estimate of drug-likeness (QED) is 0.455. The van der Waals surface area contributed by atoms with Gasteiger partial charge >= 0.3 is 5.97 Å². The second kappa shape index (κ2) is 12.0. The van der Waals surface area contributed by atoms with Crippen molar-refractivity contribution in [3.63, 3.8) is 0 Å². The Balaban J connectivity index is 1.65. The van der Waals surface area contributed by atoms with Crippen molar-refractivity contribution in [2.24, 2.45) is 0 Å². The monoisotopic (exact) mass is 524 g/mol. The molecule has 9 heteroatoms. The van der Waals surface area contributed by atoms with Gasteiger partial charge in [-0.1, -0.05) is 72.3 Å². The highest BCUT2D eigenvalue weighted by Crippen LogP contribution is 2.33. The summed E-state index contributed by atoms with van der Waals surface area (Å²) in [6.07, 6.45) is -1.03. The van der Waals surface area contributed by atoms with Gasteiger partial charge in [0.05, 0.1) is 6.04 Å². The minimum Gasteiger partial charge on any atom is -0.480 e. The van der Waals surface area contributed by atoms with Crippen LogP contribution in [-0.4, -0.2) is 58.5 Å². The molecule has 3 aromatic carbocycles. The Kier molecular flexibility index (Phi) is 8.53. The molecule has 7 nitrogen and oxygen atoms in total. The normalized spacial score (nSPS) is 17.5. The van der Waals surface area contributed by atoms with Gasteiger partial charge in [0.1, 0.15) is 19.0 Å². The largest absolute Gasteiger partial charge is 0.480 e. The number of carboxylic acids is 1. The van der Waals surface area contributed by atoms with Crippen LogP contribution in [0.15, 0.2) is 78.9 Å². The third kappa shape index (κ3) is 6.53. The summed E-state index contributed by atoms with van der Waals surface area (Å²) < 4.78 is 19.9. The van der Waals surface area contributed by atoms with Gasteiger partial charge in [0.25, 0.3) is 5.91 Å². The molecule has 1 N–H and O–H groups in total. The van der Waals surface area contributed by atoms with Crippen LogP contribution in [0.2, 0.25) is 5.02 Å². The van der Waals surface area contributed by atoms with E-state index < -0.39 is 36.4 Å². The molecule has 0 saturated carbocycles. The molecule has 0 radical (unpaired) electrons. The summed E-state index contributed by atoms with van der Waals surface area (Å²) in [6.45, 7) is -0.776. The molecule has 3 aromatic rings. The molecule has 1 aliphatic rings. The van der Waals surface area contributed by atoms with Crippen LogP contribution in [0.3, 0.4) is 0 Å². The summed E-state index contributed by atoms with van der Waals surface area (Å²) in [5.74, 6) is -2.54. The van der Waals surface area contributed by atoms with Crippen molar-refractivity contribution in [1.82, 2.24) is 9.80 Å². The fraction of sp³-hybridized carbons (Fsp3) is 0.250. The number of hydrogen-bond donors (Lipinski definition) is 1. The van der Waals surface area contributed by atoms with Crippen LogP contribution in [-0.2, 0) is 32.1 Å². The molecule has 192 valence electrons. The van der Waals surface area contributed by atoms with Crippen molar-refractivity contribution in [2.75, 3.05) is 19.7 Å². The summed E-state index contributed by atoms with van der Waals surface area (Å²) in [6, 6.07) is 21.4. The highest BCUT2D eigenvalue weighted by Gasteiger charge is 2.43. The molecule has 37 heavy (non-hydrogen) atoms. The molecule has 4 rings (SSSR count). The lowest BCUT2D eigenvalue weighted by atomic mass is 9.95. The second-order valence-electron chi connectivity index (χ2n) is 8.73. The van der Waals surface area contributed by atoms with Gasteiger partial charge in [-0.3, -0.25) is 14.4 Å². The highest BCUT2D eigenvalue weighted by atomic mass is 35.5. The van der Waals surface area contributed by atoms with E-state index in [9.17, 15) is 23.9 Å². The molecule has 2 atom stereocenters. The lowest BCUT2D eigenvalue weighted by Crippen LogP contribution is -2.55. The van der Waals surface area contributed by atoms with E-state index in [0.717, 1.165) is 10.5 Å². The molecule has 0 aliphatic carbocycles. The SMILES string of the molecule is O=C(O)CN(CCc1ccccc1F)C(=O)[C@H]1OCC(=O)N(Cc2cccc(Cl)c2)[C@@H]1c1ccccc1. The van der Waals surface area contributed by atoms with Gasteiger partial charge in [0.15, 0.2) is 6.10 Å². The number of hydrogen-bond acceptors (Lipinski definition) is 4. The van der Waals surface area contributed by atoms with Gasteiger partial charge in [-0.15, -0.1) is 0 Å². The minimum absolute atomic E-state index is 0.0321. The molecule has 1 saturated heterocycles. The molecular weight excluding hydrogens is 499 g/mol. The summed E-state index contributed by atoms with van der Waals surface area (Å²) in [7, 11) is 0. The molecular formula is C28H26ClFN2O5. The number of carbonyl (C=O) groups is 3. The smallest absolute Gasteiger partial charge is 0.323 e. The van der Waals surface area contributed by atoms with Crippen molar-refractivity contribution in [1.29, 1.82) is 0 Å². The van der Waals surface area contributed by atoms with Crippen LogP contribution < -0.4 is 0 Å². The topological polar surface area (TPSA) is 87.1 Å². The van der Waals surface area contributed by atoms with Gasteiger partial charge < -0.3 is 19.6 Å². The first-order valence-electron chi connectivity index (χ1n) is 11.8. The number of nitrogens with zero attached hydrogens (tertiary/aromatic N) is 2. The average molecular weight is 525 g/mol. The minimum atomic E-state index is -1.21. The number of benzene rings is 3. The Hall–Kier alpha value is -3.75. The van der Waals surface area contributed by atoms with E-state index in [0.29, 0.717) is 16.1 Å². The fourth-order valence-electron chi connectivity index (χ4n) is 4.45. The molecule has 2 amide bonds. The predicted octanol–water partition coefficient (Wildman–Crippen LogP) is 4.10. The van der Waals surface area contributed by atoms with Crippen LogP contribution in [0.25, 0.3) is 0 Å². The van der Waals surface area contributed by atoms with Crippen LogP contribution in [0.5, 0.6) is 0 Å². The van der Waals surface area contributed by atoms with E-state index in [-0.39, 0.29) is 32.0 Å². The summed E-state index contributed by atoms with van der Waals surface area (Å²) in [5.41, 5.74) is 1.81. The lowest BCUT2D eigenvalue weighted by Gasteiger charge is -2.42. The first-order chi connectivity index (χ1) is 17.8. The van der Waals surface area contributed by atoms with E-state index in [1.165, 1.54) is 6.07 Å². The van der Waals surface area contributed by atoms with E-state index in [1.54, 1.807) is 65.6 Å². The molecule has 0 spiro atoms. The molecule has 1 aliphatic heterocycles. The maximum Gasteiger partial charge on any atom is 0.323 e. The van der Waals surface area contributed by atoms with E-state index >= 15 is 0 Å². The van der Waals surface area contributed by atoms with Crippen LogP contribution >= 0.6 is 11.6 Å². The summed E-state index contributed by atoms with van der Waals surface area (Å²) >= 11 is 6.15. The molecule has 0 aromatic heterocycles. The summed E-state index contributed by atoms with van der Waals surface area (Å²) in [4.78, 5) is 41.1. The number of rotatable bonds is 9. The Morgan fingerprint density at radius 2 is 1.78 bits per heavy atom. The van der Waals surface area contributed by atoms with Gasteiger partial charge in [-0.2, -0.15) is 0 Å². The van der Waals surface area contributed by atoms with Crippen molar-refractivity contribution in [3.8, 4) is 0 Å². The van der Waals surface area contributed by atoms with Crippen molar-refractivity contribution in [3.05, 3.63) is 106 Å². The number of aliphatic carboxylic acids is 1. The first kappa shape index (κ1) is 26.3. The zero-order valence-corrected chi connectivity index (χ0v) is 20.7. The average Bonchev–Trinajstić information content (AvgIpc) is 2.88. The standard InChI is InChI=1S/C28H26ClFN2O5/c29-22-11-6-7-19(15-22)16-32-24(33)18-37-27(26(32)21-9-2-1-3-10-21)28(36)31(17-25(34)35)14-13-20-8-4-5-12-23(20)30/h1-12,15,26-27H,13-14,16-18H2,(H,34,35)/t26-,27+/m1/s1. The Bertz CT molecular complexity index is 1270. The van der Waals surface area contributed by atoms with E-state index in [1.807, 2.05) is 12.1 Å². The van der Waals surface area contributed by atoms with E-state index in [4.69, 9.17) is 16.3 Å². The van der Waals surface area contributed by atoms with Crippen molar-refractivity contribution < 1.29 is 28.6 Å². The molecule has 1 heterocycles. The lowest BCUT2D eigenvalue weighted by molar-refractivity contribution is -0.171. The maximum absolute atomic E-state index is 14.2. The van der Waals surface area contributed by atoms with E-state index in [2.05, 4.69) is 0 Å². The van der Waals surface area contributed by atoms with Gasteiger partial charge in [-0.25, -0.2) is 4.39 Å². The third-order valence-corrected chi connectivity index (χ3v) is 6.44. The Morgan fingerprint density at radius 3 is 2.49 bits per heavy atom. The second-order valence-corrected chi connectivity index (χ2v) is 9.17. The van der Waals surface area contributed by atoms with Crippen molar-refractivity contribution in [2.45, 2.75) is 25.1 Å². The highest BCUT2D eigenvalue weighted by molar-refractivity contribution is 6.30. The zero-order chi connectivity index (χ0) is 26.4. The molecule has 0 bridgehead atoms. The van der Waals surface area contributed by atoms with Gasteiger partial charge in [0, 0.05) is 18.1 Å². The Labute approximate surface area is 219 Å². The number of ether oxygens (including phenoxy) is 1. The number of carboxylic acid groups (broad SMARTS) is 1. The van der Waals surface area contributed by atoms with Gasteiger partial charge in [-0.05, 0) is 41.3 Å². The Morgan fingerprint density at radius 1 is 1.05 bits per heavy atom. The maximum atomic E-state index is 14.2.